The van der Waals surface area contributed by atoms with Crippen LogP contribution in [-0.4, -0.2) is 68.7 Å². The predicted molar refractivity (Wildman–Crippen MR) is 104 cm³/mol. The number of likely N-dealkylation sites (N-methyl/N-ethyl adjacent to an activating group) is 2. The number of nitrogens with one attached hydrogen (secondary N) is 2. The number of nitrogens with zero attached hydrogens (tertiary/aromatic N) is 2. The van der Waals surface area contributed by atoms with Gasteiger partial charge in [0.15, 0.2) is 0 Å². The molecule has 1 saturated heterocycles. The second kappa shape index (κ2) is 9.82. The fraction of sp³-hybridized carbons (Fsp3) is 0.556. The summed E-state index contributed by atoms with van der Waals surface area (Å²) in [4.78, 5) is 25.9. The predicted octanol–water partition coefficient (Wildman–Crippen LogP) is 0.868. The zero-order valence-corrected chi connectivity index (χ0v) is 16.7. The lowest BCUT2D eigenvalue weighted by atomic mass is 10.3. The quantitative estimate of drug-likeness (QED) is 0.645. The van der Waals surface area contributed by atoms with Crippen molar-refractivity contribution >= 4 is 27.5 Å². The van der Waals surface area contributed by atoms with Gasteiger partial charge in [-0.05, 0) is 44.5 Å². The number of hydrogen-bond donors (Lipinski definition) is 2. The molecule has 1 aliphatic rings. The van der Waals surface area contributed by atoms with Gasteiger partial charge in [-0.3, -0.25) is 14.5 Å². The highest BCUT2D eigenvalue weighted by Crippen LogP contribution is 2.23. The van der Waals surface area contributed by atoms with E-state index in [1.54, 1.807) is 17.0 Å². The third-order valence-corrected chi connectivity index (χ3v) is 6.27. The number of sulfonamides is 1. The molecule has 150 valence electrons. The summed E-state index contributed by atoms with van der Waals surface area (Å²) in [6.45, 7) is 6.06. The van der Waals surface area contributed by atoms with Crippen LogP contribution in [0.5, 0.6) is 0 Å². The minimum absolute atomic E-state index is 0.0523. The van der Waals surface area contributed by atoms with Crippen molar-refractivity contribution in [1.82, 2.24) is 14.5 Å². The van der Waals surface area contributed by atoms with Crippen LogP contribution in [0.3, 0.4) is 0 Å². The Labute approximate surface area is 161 Å². The topological polar surface area (TPSA) is 98.8 Å². The van der Waals surface area contributed by atoms with Gasteiger partial charge in [0.2, 0.25) is 21.8 Å². The van der Waals surface area contributed by atoms with Crippen molar-refractivity contribution in [1.29, 1.82) is 0 Å². The number of amides is 2. The first-order valence-corrected chi connectivity index (χ1v) is 10.7. The molecule has 1 aliphatic heterocycles. The van der Waals surface area contributed by atoms with E-state index in [0.717, 1.165) is 12.8 Å². The highest BCUT2D eigenvalue weighted by atomic mass is 32.2. The molecule has 1 aromatic carbocycles. The van der Waals surface area contributed by atoms with Gasteiger partial charge < -0.3 is 10.6 Å². The summed E-state index contributed by atoms with van der Waals surface area (Å²) >= 11 is 0. The summed E-state index contributed by atoms with van der Waals surface area (Å²) in [7, 11) is -3.53. The highest BCUT2D eigenvalue weighted by molar-refractivity contribution is 7.89. The summed E-state index contributed by atoms with van der Waals surface area (Å²) in [5.41, 5.74) is 0.425. The Morgan fingerprint density at radius 1 is 1.11 bits per heavy atom. The lowest BCUT2D eigenvalue weighted by Gasteiger charge is -2.19. The molecule has 0 aromatic heterocycles. The number of benzene rings is 1. The van der Waals surface area contributed by atoms with E-state index in [0.29, 0.717) is 31.9 Å². The molecule has 0 aliphatic carbocycles. The number of rotatable bonds is 9. The molecule has 8 nitrogen and oxygen atoms in total. The van der Waals surface area contributed by atoms with Gasteiger partial charge in [-0.1, -0.05) is 13.0 Å². The average Bonchev–Trinajstić information content (AvgIpc) is 3.17. The van der Waals surface area contributed by atoms with Crippen molar-refractivity contribution in [3.63, 3.8) is 0 Å². The normalized spacial score (nSPS) is 15.1. The van der Waals surface area contributed by atoms with Crippen LogP contribution in [0, 0.1) is 0 Å². The molecular weight excluding hydrogens is 368 g/mol. The third-order valence-electron chi connectivity index (χ3n) is 4.38. The summed E-state index contributed by atoms with van der Waals surface area (Å²) in [6.07, 6.45) is 1.74. The molecular formula is C18H28N4O4S. The molecule has 27 heavy (non-hydrogen) atoms. The molecule has 0 atom stereocenters. The molecule has 2 N–H and O–H groups in total. The summed E-state index contributed by atoms with van der Waals surface area (Å²) < 4.78 is 26.8. The number of hydrogen-bond acceptors (Lipinski definition) is 5. The van der Waals surface area contributed by atoms with Crippen LogP contribution in [0.4, 0.5) is 5.69 Å². The standard InChI is InChI=1S/C18H28N4O4S/c1-3-19-17(23)13-21(4-2)14-18(24)20-15-8-7-9-16(12-15)27(25,26)22-10-5-6-11-22/h7-9,12H,3-6,10-11,13-14H2,1-2H3,(H,19,23)(H,20,24). The molecule has 0 unspecified atom stereocenters. The molecule has 1 aromatic rings. The largest absolute Gasteiger partial charge is 0.355 e. The highest BCUT2D eigenvalue weighted by Gasteiger charge is 2.27. The Morgan fingerprint density at radius 3 is 2.41 bits per heavy atom. The van der Waals surface area contributed by atoms with Crippen LogP contribution in [0.25, 0.3) is 0 Å². The third kappa shape index (κ3) is 6.02. The van der Waals surface area contributed by atoms with Gasteiger partial charge in [-0.25, -0.2) is 8.42 Å². The molecule has 0 spiro atoms. The second-order valence-corrected chi connectivity index (χ2v) is 8.38. The van der Waals surface area contributed by atoms with Crippen molar-refractivity contribution in [2.45, 2.75) is 31.6 Å². The minimum Gasteiger partial charge on any atom is -0.355 e. The smallest absolute Gasteiger partial charge is 0.243 e. The zero-order chi connectivity index (χ0) is 19.9. The summed E-state index contributed by atoms with van der Waals surface area (Å²) in [6, 6.07) is 6.29. The summed E-state index contributed by atoms with van der Waals surface area (Å²) in [5.74, 6) is -0.428. The fourth-order valence-corrected chi connectivity index (χ4v) is 4.51. The van der Waals surface area contributed by atoms with Gasteiger partial charge in [-0.15, -0.1) is 0 Å². The van der Waals surface area contributed by atoms with Crippen molar-refractivity contribution in [3.8, 4) is 0 Å². The van der Waals surface area contributed by atoms with Crippen molar-refractivity contribution in [2.24, 2.45) is 0 Å². The van der Waals surface area contributed by atoms with Crippen LogP contribution in [-0.2, 0) is 19.6 Å². The average molecular weight is 397 g/mol. The Balaban J connectivity index is 2.00. The zero-order valence-electron chi connectivity index (χ0n) is 15.9. The molecule has 1 fully saturated rings. The second-order valence-electron chi connectivity index (χ2n) is 6.44. The monoisotopic (exact) mass is 396 g/mol. The van der Waals surface area contributed by atoms with E-state index in [1.165, 1.54) is 16.4 Å². The van der Waals surface area contributed by atoms with Crippen molar-refractivity contribution in [2.75, 3.05) is 44.6 Å². The van der Waals surface area contributed by atoms with E-state index in [9.17, 15) is 18.0 Å². The van der Waals surface area contributed by atoms with E-state index in [-0.39, 0.29) is 29.8 Å². The van der Waals surface area contributed by atoms with Crippen LogP contribution >= 0.6 is 0 Å². The lowest BCUT2D eigenvalue weighted by molar-refractivity contribution is -0.123. The van der Waals surface area contributed by atoms with Gasteiger partial charge in [-0.2, -0.15) is 4.31 Å². The number of anilines is 1. The number of carbonyl (C=O) groups excluding carboxylic acids is 2. The lowest BCUT2D eigenvalue weighted by Crippen LogP contribution is -2.41. The Hall–Kier alpha value is -1.97. The maximum absolute atomic E-state index is 12.6. The molecule has 1 heterocycles. The van der Waals surface area contributed by atoms with Crippen molar-refractivity contribution < 1.29 is 18.0 Å². The van der Waals surface area contributed by atoms with Crippen LogP contribution in [0.15, 0.2) is 29.2 Å². The molecule has 0 saturated carbocycles. The first kappa shape index (κ1) is 21.3. The maximum Gasteiger partial charge on any atom is 0.243 e. The number of carbonyl (C=O) groups is 2. The fourth-order valence-electron chi connectivity index (χ4n) is 2.95. The summed E-state index contributed by atoms with van der Waals surface area (Å²) in [5, 5.41) is 5.42. The maximum atomic E-state index is 12.6. The van der Waals surface area contributed by atoms with Crippen LogP contribution in [0.2, 0.25) is 0 Å². The van der Waals surface area contributed by atoms with E-state index >= 15 is 0 Å². The Bertz CT molecular complexity index is 760. The molecule has 9 heteroatoms. The van der Waals surface area contributed by atoms with Gasteiger partial charge in [0.1, 0.15) is 0 Å². The SMILES string of the molecule is CCNC(=O)CN(CC)CC(=O)Nc1cccc(S(=O)(=O)N2CCCC2)c1. The van der Waals surface area contributed by atoms with E-state index in [4.69, 9.17) is 0 Å². The van der Waals surface area contributed by atoms with Gasteiger partial charge in [0.25, 0.3) is 0 Å². The van der Waals surface area contributed by atoms with Crippen molar-refractivity contribution in [3.05, 3.63) is 24.3 Å². The molecule has 0 radical (unpaired) electrons. The van der Waals surface area contributed by atoms with Gasteiger partial charge in [0, 0.05) is 25.3 Å². The van der Waals surface area contributed by atoms with Crippen LogP contribution in [0.1, 0.15) is 26.7 Å². The first-order valence-electron chi connectivity index (χ1n) is 9.26. The first-order chi connectivity index (χ1) is 12.9. The molecule has 0 bridgehead atoms. The molecule has 2 rings (SSSR count). The minimum atomic E-state index is -3.53. The van der Waals surface area contributed by atoms with Crippen LogP contribution < -0.4 is 10.6 Å². The Morgan fingerprint density at radius 2 is 1.78 bits per heavy atom. The Kier molecular flexibility index (Phi) is 7.76. The van der Waals surface area contributed by atoms with E-state index in [1.807, 2.05) is 13.8 Å². The van der Waals surface area contributed by atoms with E-state index < -0.39 is 10.0 Å². The van der Waals surface area contributed by atoms with Gasteiger partial charge >= 0.3 is 0 Å². The van der Waals surface area contributed by atoms with Gasteiger partial charge in [0.05, 0.1) is 18.0 Å². The molecule has 2 amide bonds. The van der Waals surface area contributed by atoms with E-state index in [2.05, 4.69) is 10.6 Å².